The number of alkyl halides is 3. The fraction of sp³-hybridized carbons (Fsp3) is 0.0714. The second-order valence-electron chi connectivity index (χ2n) is 4.55. The Labute approximate surface area is 116 Å². The van der Waals surface area contributed by atoms with Crippen LogP contribution in [0.3, 0.4) is 0 Å². The van der Waals surface area contributed by atoms with Crippen LogP contribution in [-0.2, 0) is 6.18 Å². The minimum Gasteiger partial charge on any atom is -0.477 e. The number of benzene rings is 1. The largest absolute Gasteiger partial charge is 0.477 e. The minimum absolute atomic E-state index is 0.0219. The molecule has 0 bridgehead atoms. The highest BCUT2D eigenvalue weighted by molar-refractivity contribution is 5.96. The zero-order valence-corrected chi connectivity index (χ0v) is 10.5. The van der Waals surface area contributed by atoms with Crippen molar-refractivity contribution in [3.63, 3.8) is 0 Å². The van der Waals surface area contributed by atoms with Crippen LogP contribution in [0.15, 0.2) is 36.5 Å². The third kappa shape index (κ3) is 2.26. The minimum atomic E-state index is -4.43. The highest BCUT2D eigenvalue weighted by atomic mass is 19.4. The van der Waals surface area contributed by atoms with Gasteiger partial charge in [-0.05, 0) is 30.3 Å². The van der Waals surface area contributed by atoms with E-state index in [9.17, 15) is 18.0 Å². The lowest BCUT2D eigenvalue weighted by Crippen LogP contribution is -2.04. The van der Waals surface area contributed by atoms with Crippen molar-refractivity contribution in [1.29, 1.82) is 0 Å². The van der Waals surface area contributed by atoms with Gasteiger partial charge in [0.15, 0.2) is 0 Å². The summed E-state index contributed by atoms with van der Waals surface area (Å²) in [6.45, 7) is 0. The summed E-state index contributed by atoms with van der Waals surface area (Å²) in [5.74, 6) is -1.13. The molecule has 0 aliphatic carbocycles. The molecule has 7 heteroatoms. The maximum Gasteiger partial charge on any atom is 0.416 e. The monoisotopic (exact) mass is 294 g/mol. The van der Waals surface area contributed by atoms with E-state index >= 15 is 0 Å². The highest BCUT2D eigenvalue weighted by Crippen LogP contribution is 2.34. The average Bonchev–Trinajstić information content (AvgIpc) is 3.03. The number of aromatic nitrogens is 2. The van der Waals surface area contributed by atoms with E-state index < -0.39 is 17.7 Å². The molecule has 0 saturated heterocycles. The van der Waals surface area contributed by atoms with Gasteiger partial charge >= 0.3 is 12.1 Å². The van der Waals surface area contributed by atoms with Gasteiger partial charge in [0.2, 0.25) is 0 Å². The van der Waals surface area contributed by atoms with E-state index in [1.807, 2.05) is 0 Å². The Bertz CT molecular complexity index is 830. The molecule has 3 aromatic rings. The smallest absolute Gasteiger partial charge is 0.416 e. The van der Waals surface area contributed by atoms with E-state index in [0.717, 1.165) is 12.1 Å². The van der Waals surface area contributed by atoms with Crippen LogP contribution < -0.4 is 0 Å². The van der Waals surface area contributed by atoms with E-state index in [2.05, 4.69) is 9.97 Å². The molecule has 3 N–H and O–H groups in total. The molecular weight excluding hydrogens is 285 g/mol. The first kappa shape index (κ1) is 13.3. The summed E-state index contributed by atoms with van der Waals surface area (Å²) in [5.41, 5.74) is 0.707. The maximum absolute atomic E-state index is 12.8. The van der Waals surface area contributed by atoms with Crippen LogP contribution in [0.1, 0.15) is 16.1 Å². The zero-order valence-electron chi connectivity index (χ0n) is 10.5. The first-order chi connectivity index (χ1) is 9.86. The summed E-state index contributed by atoms with van der Waals surface area (Å²) >= 11 is 0. The molecule has 108 valence electrons. The van der Waals surface area contributed by atoms with Crippen LogP contribution in [0.2, 0.25) is 0 Å². The normalized spacial score (nSPS) is 12.0. The van der Waals surface area contributed by atoms with Gasteiger partial charge in [-0.3, -0.25) is 0 Å². The fourth-order valence-corrected chi connectivity index (χ4v) is 2.20. The van der Waals surface area contributed by atoms with Crippen LogP contribution >= 0.6 is 0 Å². The first-order valence-electron chi connectivity index (χ1n) is 5.97. The Morgan fingerprint density at radius 1 is 1.14 bits per heavy atom. The lowest BCUT2D eigenvalue weighted by Gasteiger charge is -2.06. The summed E-state index contributed by atoms with van der Waals surface area (Å²) < 4.78 is 38.3. The van der Waals surface area contributed by atoms with Crippen molar-refractivity contribution in [3.05, 3.63) is 47.8 Å². The number of hydrogen-bond donors (Lipinski definition) is 3. The number of carboxylic acid groups (broad SMARTS) is 1. The van der Waals surface area contributed by atoms with Gasteiger partial charge in [0.25, 0.3) is 0 Å². The van der Waals surface area contributed by atoms with E-state index in [4.69, 9.17) is 5.11 Å². The predicted octanol–water partition coefficient (Wildman–Crippen LogP) is 3.88. The number of nitrogens with one attached hydrogen (secondary N) is 2. The van der Waals surface area contributed by atoms with Crippen molar-refractivity contribution in [2.45, 2.75) is 6.18 Å². The second kappa shape index (κ2) is 4.41. The zero-order chi connectivity index (χ0) is 15.2. The number of carbonyl (C=O) groups is 1. The topological polar surface area (TPSA) is 68.9 Å². The third-order valence-corrected chi connectivity index (χ3v) is 3.22. The van der Waals surface area contributed by atoms with Gasteiger partial charge in [-0.25, -0.2) is 4.79 Å². The molecule has 0 saturated carbocycles. The van der Waals surface area contributed by atoms with Gasteiger partial charge in [0, 0.05) is 28.4 Å². The van der Waals surface area contributed by atoms with Crippen molar-refractivity contribution in [2.75, 3.05) is 0 Å². The number of rotatable bonds is 2. The molecule has 0 unspecified atom stereocenters. The number of halogens is 3. The third-order valence-electron chi connectivity index (χ3n) is 3.22. The van der Waals surface area contributed by atoms with E-state index in [1.54, 1.807) is 6.20 Å². The summed E-state index contributed by atoms with van der Waals surface area (Å²) in [6.07, 6.45) is -2.88. The molecule has 0 fully saturated rings. The molecule has 2 aromatic heterocycles. The van der Waals surface area contributed by atoms with Gasteiger partial charge in [-0.2, -0.15) is 13.2 Å². The standard InChI is InChI=1S/C14H9F3N2O2/c15-14(16,17)7-1-2-10-8(5-7)9(6-18-10)11-3-4-12(19-11)13(20)21/h1-6,18-19H,(H,20,21). The molecule has 21 heavy (non-hydrogen) atoms. The average molecular weight is 294 g/mol. The number of aromatic carboxylic acids is 1. The quantitative estimate of drug-likeness (QED) is 0.671. The molecule has 3 rings (SSSR count). The van der Waals surface area contributed by atoms with Gasteiger partial charge in [-0.1, -0.05) is 0 Å². The molecule has 0 spiro atoms. The molecule has 0 amide bonds. The van der Waals surface area contributed by atoms with E-state index in [0.29, 0.717) is 22.2 Å². The van der Waals surface area contributed by atoms with Crippen molar-refractivity contribution in [3.8, 4) is 11.3 Å². The van der Waals surface area contributed by atoms with Crippen LogP contribution in [0, 0.1) is 0 Å². The van der Waals surface area contributed by atoms with Crippen LogP contribution in [0.25, 0.3) is 22.2 Å². The summed E-state index contributed by atoms with van der Waals surface area (Å²) in [7, 11) is 0. The first-order valence-corrected chi connectivity index (χ1v) is 5.97. The molecule has 1 aromatic carbocycles. The number of fused-ring (bicyclic) bond motifs is 1. The fourth-order valence-electron chi connectivity index (χ4n) is 2.20. The molecule has 0 aliphatic rings. The van der Waals surface area contributed by atoms with Crippen molar-refractivity contribution < 1.29 is 23.1 Å². The van der Waals surface area contributed by atoms with Gasteiger partial charge < -0.3 is 15.1 Å². The van der Waals surface area contributed by atoms with Crippen LogP contribution in [-0.4, -0.2) is 21.0 Å². The van der Waals surface area contributed by atoms with E-state index in [1.165, 1.54) is 18.2 Å². The van der Waals surface area contributed by atoms with Gasteiger partial charge in [-0.15, -0.1) is 0 Å². The number of hydrogen-bond acceptors (Lipinski definition) is 1. The Morgan fingerprint density at radius 3 is 2.52 bits per heavy atom. The van der Waals surface area contributed by atoms with Crippen LogP contribution in [0.4, 0.5) is 13.2 Å². The molecule has 0 aliphatic heterocycles. The lowest BCUT2D eigenvalue weighted by atomic mass is 10.1. The molecule has 0 atom stereocenters. The molecule has 2 heterocycles. The number of H-pyrrole nitrogens is 2. The summed E-state index contributed by atoms with van der Waals surface area (Å²) in [5, 5.41) is 9.25. The SMILES string of the molecule is O=C(O)c1ccc(-c2c[nH]c3ccc(C(F)(F)F)cc23)[nH]1. The summed E-state index contributed by atoms with van der Waals surface area (Å²) in [4.78, 5) is 16.4. The lowest BCUT2D eigenvalue weighted by molar-refractivity contribution is -0.137. The number of aromatic amines is 2. The predicted molar refractivity (Wildman–Crippen MR) is 70.0 cm³/mol. The van der Waals surface area contributed by atoms with E-state index in [-0.39, 0.29) is 5.69 Å². The molecule has 0 radical (unpaired) electrons. The highest BCUT2D eigenvalue weighted by Gasteiger charge is 2.30. The molecular formula is C14H9F3N2O2. The summed E-state index contributed by atoms with van der Waals surface area (Å²) in [6, 6.07) is 6.28. The van der Waals surface area contributed by atoms with Crippen molar-refractivity contribution >= 4 is 16.9 Å². The van der Waals surface area contributed by atoms with Crippen molar-refractivity contribution in [2.24, 2.45) is 0 Å². The van der Waals surface area contributed by atoms with Gasteiger partial charge in [0.1, 0.15) is 5.69 Å². The Kier molecular flexibility index (Phi) is 2.79. The van der Waals surface area contributed by atoms with Gasteiger partial charge in [0.05, 0.1) is 5.56 Å². The maximum atomic E-state index is 12.8. The Morgan fingerprint density at radius 2 is 1.90 bits per heavy atom. The number of carboxylic acids is 1. The second-order valence-corrected chi connectivity index (χ2v) is 4.55. The Balaban J connectivity index is 2.16. The van der Waals surface area contributed by atoms with Crippen LogP contribution in [0.5, 0.6) is 0 Å². The Hall–Kier alpha value is -2.70. The molecule has 4 nitrogen and oxygen atoms in total. The van der Waals surface area contributed by atoms with Crippen molar-refractivity contribution in [1.82, 2.24) is 9.97 Å².